The number of rotatable bonds is 3. The van der Waals surface area contributed by atoms with Crippen molar-refractivity contribution in [2.24, 2.45) is 0 Å². The molecule has 0 aliphatic carbocycles. The molecule has 0 amide bonds. The SMILES string of the molecule is COc1ccc([B-](F)(F)F)cc1[N+](=O)[O-].[K+]. The van der Waals surface area contributed by atoms with Crippen LogP contribution in [0.15, 0.2) is 18.2 Å². The quantitative estimate of drug-likeness (QED) is 0.383. The van der Waals surface area contributed by atoms with Crippen molar-refractivity contribution in [3.8, 4) is 5.75 Å². The Labute approximate surface area is 132 Å². The predicted molar refractivity (Wildman–Crippen MR) is 48.4 cm³/mol. The van der Waals surface area contributed by atoms with Gasteiger partial charge in [-0.15, -0.1) is 5.46 Å². The Hall–Kier alpha value is -0.0887. The van der Waals surface area contributed by atoms with Gasteiger partial charge in [-0.05, 0) is 12.1 Å². The zero-order chi connectivity index (χ0) is 11.6. The fraction of sp³-hybridized carbons (Fsp3) is 0.143. The minimum atomic E-state index is -5.23. The summed E-state index contributed by atoms with van der Waals surface area (Å²) in [4.78, 5) is 9.51. The number of nitro benzene ring substituents is 1. The second kappa shape index (κ2) is 6.01. The molecule has 0 aliphatic heterocycles. The van der Waals surface area contributed by atoms with Crippen molar-refractivity contribution in [3.05, 3.63) is 28.3 Å². The van der Waals surface area contributed by atoms with Crippen molar-refractivity contribution < 1.29 is 74.0 Å². The number of methoxy groups -OCH3 is 1. The molecule has 9 heteroatoms. The fourth-order valence-electron chi connectivity index (χ4n) is 1.05. The van der Waals surface area contributed by atoms with Gasteiger partial charge in [-0.3, -0.25) is 10.1 Å². The average Bonchev–Trinajstić information content (AvgIpc) is 2.15. The van der Waals surface area contributed by atoms with E-state index in [0.29, 0.717) is 6.07 Å². The standard InChI is InChI=1S/C7H6BF3NO3.K/c1-15-7-3-2-5(8(9,10)11)4-6(7)12(13)14;/h2-4H,1H3;/q-1;+1. The first kappa shape index (κ1) is 15.9. The van der Waals surface area contributed by atoms with Crippen molar-refractivity contribution in [1.82, 2.24) is 0 Å². The average molecular weight is 259 g/mol. The van der Waals surface area contributed by atoms with Crippen LogP contribution in [0.1, 0.15) is 0 Å². The van der Waals surface area contributed by atoms with Crippen LogP contribution < -0.4 is 61.6 Å². The van der Waals surface area contributed by atoms with Gasteiger partial charge in [0.1, 0.15) is 0 Å². The van der Waals surface area contributed by atoms with Gasteiger partial charge in [0.05, 0.1) is 12.0 Å². The van der Waals surface area contributed by atoms with Crippen molar-refractivity contribution in [1.29, 1.82) is 0 Å². The smallest absolute Gasteiger partial charge is 0.490 e. The second-order valence-electron chi connectivity index (χ2n) is 2.76. The summed E-state index contributed by atoms with van der Waals surface area (Å²) in [5.74, 6) is -0.191. The van der Waals surface area contributed by atoms with Gasteiger partial charge in [0.15, 0.2) is 5.75 Å². The minimum Gasteiger partial charge on any atom is -0.490 e. The van der Waals surface area contributed by atoms with Crippen LogP contribution in [0, 0.1) is 10.1 Å². The summed E-state index contributed by atoms with van der Waals surface area (Å²) in [7, 11) is 1.15. The molecule has 0 heterocycles. The Morgan fingerprint density at radius 3 is 2.31 bits per heavy atom. The van der Waals surface area contributed by atoms with Gasteiger partial charge in [0, 0.05) is 0 Å². The Kier molecular flexibility index (Phi) is 5.98. The zero-order valence-corrected chi connectivity index (χ0v) is 11.7. The molecule has 0 aromatic heterocycles. The van der Waals surface area contributed by atoms with Gasteiger partial charge in [0.25, 0.3) is 0 Å². The Bertz CT molecular complexity index is 399. The van der Waals surface area contributed by atoms with Crippen LogP contribution in [0.2, 0.25) is 0 Å². The second-order valence-corrected chi connectivity index (χ2v) is 2.76. The fourth-order valence-corrected chi connectivity index (χ4v) is 1.05. The van der Waals surface area contributed by atoms with E-state index in [1.54, 1.807) is 0 Å². The van der Waals surface area contributed by atoms with E-state index in [-0.39, 0.29) is 57.1 Å². The van der Waals surface area contributed by atoms with Crippen LogP contribution in [0.5, 0.6) is 5.75 Å². The monoisotopic (exact) mass is 259 g/mol. The molecule has 1 aromatic rings. The van der Waals surface area contributed by atoms with Crippen LogP contribution >= 0.6 is 0 Å². The minimum absolute atomic E-state index is 0. The van der Waals surface area contributed by atoms with Crippen molar-refractivity contribution in [3.63, 3.8) is 0 Å². The largest absolute Gasteiger partial charge is 1.00 e. The molecule has 0 spiro atoms. The summed E-state index contributed by atoms with van der Waals surface area (Å²) < 4.78 is 41.4. The summed E-state index contributed by atoms with van der Waals surface area (Å²) in [5, 5.41) is 10.4. The maximum atomic E-state index is 12.3. The van der Waals surface area contributed by atoms with E-state index in [0.717, 1.165) is 19.2 Å². The van der Waals surface area contributed by atoms with Crippen LogP contribution in [0.25, 0.3) is 0 Å². The topological polar surface area (TPSA) is 52.4 Å². The van der Waals surface area contributed by atoms with Gasteiger partial charge < -0.3 is 17.7 Å². The first-order valence-corrected chi connectivity index (χ1v) is 3.88. The molecule has 0 fully saturated rings. The first-order chi connectivity index (χ1) is 6.86. The van der Waals surface area contributed by atoms with Gasteiger partial charge in [-0.25, -0.2) is 0 Å². The molecule has 1 rings (SSSR count). The summed E-state index contributed by atoms with van der Waals surface area (Å²) in [6.45, 7) is -5.23. The van der Waals surface area contributed by atoms with E-state index in [4.69, 9.17) is 0 Å². The third-order valence-electron chi connectivity index (χ3n) is 1.78. The van der Waals surface area contributed by atoms with Crippen molar-refractivity contribution in [2.45, 2.75) is 0 Å². The van der Waals surface area contributed by atoms with E-state index in [9.17, 15) is 23.1 Å². The van der Waals surface area contributed by atoms with E-state index >= 15 is 0 Å². The van der Waals surface area contributed by atoms with Crippen LogP contribution in [0.4, 0.5) is 18.6 Å². The number of nitro groups is 1. The maximum absolute atomic E-state index is 12.3. The molecule has 0 saturated heterocycles. The Balaban J connectivity index is 0.00000225. The third-order valence-corrected chi connectivity index (χ3v) is 1.78. The molecular weight excluding hydrogens is 253 g/mol. The van der Waals surface area contributed by atoms with E-state index < -0.39 is 23.1 Å². The maximum Gasteiger partial charge on any atom is 1.00 e. The molecule has 0 aliphatic rings. The van der Waals surface area contributed by atoms with Crippen molar-refractivity contribution >= 4 is 18.1 Å². The summed E-state index contributed by atoms with van der Waals surface area (Å²) in [6, 6.07) is 2.16. The Morgan fingerprint density at radius 1 is 1.38 bits per heavy atom. The molecule has 0 radical (unpaired) electrons. The molecule has 16 heavy (non-hydrogen) atoms. The number of hydrogen-bond donors (Lipinski definition) is 0. The van der Waals surface area contributed by atoms with Gasteiger partial charge in [-0.2, -0.15) is 0 Å². The van der Waals surface area contributed by atoms with Crippen LogP contribution in [-0.4, -0.2) is 19.0 Å². The molecule has 1 aromatic carbocycles. The molecule has 0 atom stereocenters. The van der Waals surface area contributed by atoms with Crippen LogP contribution in [0.3, 0.4) is 0 Å². The molecule has 0 bridgehead atoms. The Morgan fingerprint density at radius 2 is 1.94 bits per heavy atom. The summed E-state index contributed by atoms with van der Waals surface area (Å²) in [6.07, 6.45) is 0. The van der Waals surface area contributed by atoms with Crippen molar-refractivity contribution in [2.75, 3.05) is 7.11 Å². The van der Waals surface area contributed by atoms with Crippen LogP contribution in [-0.2, 0) is 0 Å². The summed E-state index contributed by atoms with van der Waals surface area (Å²) in [5.41, 5.74) is -1.70. The van der Waals surface area contributed by atoms with E-state index in [1.165, 1.54) is 0 Å². The molecular formula is C7H6BF3KNO3. The number of nitrogens with zero attached hydrogens (tertiary/aromatic N) is 1. The molecule has 4 nitrogen and oxygen atoms in total. The number of benzene rings is 1. The van der Waals surface area contributed by atoms with Gasteiger partial charge >= 0.3 is 64.0 Å². The molecule has 0 saturated carbocycles. The number of hydrogen-bond acceptors (Lipinski definition) is 3. The molecule has 0 unspecified atom stereocenters. The van der Waals surface area contributed by atoms with E-state index in [2.05, 4.69) is 4.74 Å². The zero-order valence-electron chi connectivity index (χ0n) is 8.62. The van der Waals surface area contributed by atoms with Gasteiger partial charge in [-0.1, -0.05) is 6.07 Å². The third kappa shape index (κ3) is 3.74. The summed E-state index contributed by atoms with van der Waals surface area (Å²) >= 11 is 0. The molecule has 82 valence electrons. The van der Waals surface area contributed by atoms with E-state index in [1.807, 2.05) is 0 Å². The number of halogens is 3. The first-order valence-electron chi connectivity index (χ1n) is 3.88. The normalized spacial score (nSPS) is 10.5. The van der Waals surface area contributed by atoms with Gasteiger partial charge in [0.2, 0.25) is 0 Å². The predicted octanol–water partition coefficient (Wildman–Crippen LogP) is -1.34. The number of ether oxygens (including phenoxy) is 1. The molecule has 0 N–H and O–H groups in total.